The van der Waals surface area contributed by atoms with Crippen LogP contribution in [0.5, 0.6) is 0 Å². The molecule has 0 aromatic heterocycles. The van der Waals surface area contributed by atoms with E-state index in [1.54, 1.807) is 0 Å². The summed E-state index contributed by atoms with van der Waals surface area (Å²) >= 11 is 0. The maximum atomic E-state index is 10.8. The van der Waals surface area contributed by atoms with Crippen LogP contribution in [0.25, 0.3) is 0 Å². The van der Waals surface area contributed by atoms with E-state index in [4.69, 9.17) is 23.7 Å². The molecule has 3 rings (SSSR count). The SMILES string of the molecule is CO[C@@H]1O[C@@](COCc2ccccc2)(OC)[C@H](O)[C@H](O)[C@H]1OCc1ccccc1. The molecule has 0 radical (unpaired) electrons. The van der Waals surface area contributed by atoms with E-state index >= 15 is 0 Å². The lowest BCUT2D eigenvalue weighted by molar-refractivity contribution is -0.407. The summed E-state index contributed by atoms with van der Waals surface area (Å²) in [6.45, 7) is 0.453. The molecule has 1 aliphatic rings. The van der Waals surface area contributed by atoms with Gasteiger partial charge in [-0.1, -0.05) is 60.7 Å². The van der Waals surface area contributed by atoms with Gasteiger partial charge in [0, 0.05) is 14.2 Å². The Morgan fingerprint density at radius 3 is 2.03 bits per heavy atom. The van der Waals surface area contributed by atoms with Gasteiger partial charge in [-0.05, 0) is 11.1 Å². The van der Waals surface area contributed by atoms with Crippen LogP contribution in [0.1, 0.15) is 11.1 Å². The smallest absolute Gasteiger partial charge is 0.223 e. The second-order valence-corrected chi connectivity index (χ2v) is 6.91. The van der Waals surface area contributed by atoms with Crippen molar-refractivity contribution in [3.05, 3.63) is 71.8 Å². The van der Waals surface area contributed by atoms with Gasteiger partial charge in [-0.25, -0.2) is 0 Å². The highest BCUT2D eigenvalue weighted by atomic mass is 16.8. The molecule has 158 valence electrons. The van der Waals surface area contributed by atoms with E-state index < -0.39 is 30.4 Å². The van der Waals surface area contributed by atoms with Crippen molar-refractivity contribution >= 4 is 0 Å². The Kier molecular flexibility index (Phi) is 7.74. The highest BCUT2D eigenvalue weighted by molar-refractivity contribution is 5.14. The minimum atomic E-state index is -1.58. The highest BCUT2D eigenvalue weighted by Crippen LogP contribution is 2.33. The quantitative estimate of drug-likeness (QED) is 0.660. The van der Waals surface area contributed by atoms with Crippen LogP contribution in [-0.2, 0) is 36.9 Å². The van der Waals surface area contributed by atoms with Gasteiger partial charge >= 0.3 is 0 Å². The molecule has 1 aliphatic heterocycles. The van der Waals surface area contributed by atoms with Crippen LogP contribution in [0.3, 0.4) is 0 Å². The molecule has 1 heterocycles. The first kappa shape index (κ1) is 21.9. The molecule has 7 nitrogen and oxygen atoms in total. The normalized spacial score (nSPS) is 29.7. The Morgan fingerprint density at radius 2 is 1.48 bits per heavy atom. The number of hydrogen-bond acceptors (Lipinski definition) is 7. The van der Waals surface area contributed by atoms with Gasteiger partial charge in [0.05, 0.1) is 13.2 Å². The Morgan fingerprint density at radius 1 is 0.897 bits per heavy atom. The monoisotopic (exact) mass is 404 g/mol. The lowest BCUT2D eigenvalue weighted by Crippen LogP contribution is -2.67. The maximum absolute atomic E-state index is 10.8. The maximum Gasteiger partial charge on any atom is 0.223 e. The van der Waals surface area contributed by atoms with Crippen molar-refractivity contribution in [1.82, 2.24) is 0 Å². The molecule has 1 fully saturated rings. The van der Waals surface area contributed by atoms with Crippen LogP contribution in [0.2, 0.25) is 0 Å². The Hall–Kier alpha value is -1.84. The minimum absolute atomic E-state index is 0.0954. The predicted molar refractivity (Wildman–Crippen MR) is 105 cm³/mol. The summed E-state index contributed by atoms with van der Waals surface area (Å²) in [4.78, 5) is 0. The Labute approximate surface area is 170 Å². The zero-order valence-electron chi connectivity index (χ0n) is 16.6. The molecule has 2 N–H and O–H groups in total. The summed E-state index contributed by atoms with van der Waals surface area (Å²) in [5.74, 6) is -1.58. The van der Waals surface area contributed by atoms with E-state index in [0.29, 0.717) is 6.61 Å². The van der Waals surface area contributed by atoms with Gasteiger partial charge < -0.3 is 33.9 Å². The molecule has 5 atom stereocenters. The van der Waals surface area contributed by atoms with Gasteiger partial charge in [-0.2, -0.15) is 0 Å². The van der Waals surface area contributed by atoms with Gasteiger partial charge in [-0.3, -0.25) is 0 Å². The molecule has 1 saturated heterocycles. The first-order chi connectivity index (χ1) is 14.1. The van der Waals surface area contributed by atoms with E-state index in [9.17, 15) is 10.2 Å². The van der Waals surface area contributed by atoms with Gasteiger partial charge in [0.1, 0.15) is 24.9 Å². The van der Waals surface area contributed by atoms with Crippen LogP contribution >= 0.6 is 0 Å². The van der Waals surface area contributed by atoms with Crippen molar-refractivity contribution in [2.45, 2.75) is 43.6 Å². The second kappa shape index (κ2) is 10.3. The fraction of sp³-hybridized carbons (Fsp3) is 0.455. The average Bonchev–Trinajstić information content (AvgIpc) is 2.77. The highest BCUT2D eigenvalue weighted by Gasteiger charge is 2.55. The van der Waals surface area contributed by atoms with Crippen LogP contribution in [0.4, 0.5) is 0 Å². The summed E-state index contributed by atoms with van der Waals surface area (Å²) in [5.41, 5.74) is 1.90. The van der Waals surface area contributed by atoms with E-state index in [-0.39, 0.29) is 13.2 Å². The number of aliphatic hydroxyl groups is 2. The van der Waals surface area contributed by atoms with Crippen molar-refractivity contribution in [2.75, 3.05) is 20.8 Å². The fourth-order valence-electron chi connectivity index (χ4n) is 3.29. The van der Waals surface area contributed by atoms with Crippen LogP contribution < -0.4 is 0 Å². The van der Waals surface area contributed by atoms with Crippen molar-refractivity contribution in [3.8, 4) is 0 Å². The summed E-state index contributed by atoms with van der Waals surface area (Å²) in [5, 5.41) is 21.5. The van der Waals surface area contributed by atoms with Crippen molar-refractivity contribution in [1.29, 1.82) is 0 Å². The summed E-state index contributed by atoms with van der Waals surface area (Å²) < 4.78 is 28.2. The molecular formula is C22H28O7. The van der Waals surface area contributed by atoms with Gasteiger partial charge in [0.2, 0.25) is 5.79 Å². The molecule has 2 aromatic rings. The lowest BCUT2D eigenvalue weighted by Gasteiger charge is -2.48. The first-order valence-corrected chi connectivity index (χ1v) is 9.48. The van der Waals surface area contributed by atoms with Gasteiger partial charge in [-0.15, -0.1) is 0 Å². The number of methoxy groups -OCH3 is 2. The molecule has 0 amide bonds. The van der Waals surface area contributed by atoms with E-state index in [2.05, 4.69) is 0 Å². The predicted octanol–water partition coefficient (Wildman–Crippen LogP) is 1.86. The summed E-state index contributed by atoms with van der Waals surface area (Å²) in [6.07, 6.45) is -4.53. The Balaban J connectivity index is 1.65. The van der Waals surface area contributed by atoms with E-state index in [1.165, 1.54) is 14.2 Å². The topological polar surface area (TPSA) is 86.6 Å². The van der Waals surface area contributed by atoms with E-state index in [1.807, 2.05) is 60.7 Å². The van der Waals surface area contributed by atoms with Crippen LogP contribution in [0, 0.1) is 0 Å². The third-order valence-corrected chi connectivity index (χ3v) is 4.97. The fourth-order valence-corrected chi connectivity index (χ4v) is 3.29. The van der Waals surface area contributed by atoms with Crippen LogP contribution in [-0.4, -0.2) is 61.4 Å². The van der Waals surface area contributed by atoms with Crippen molar-refractivity contribution < 1.29 is 33.9 Å². The standard InChI is InChI=1S/C22H28O7/c1-25-21-19(28-14-17-11-7-4-8-12-17)18(23)20(24)22(26-2,29-21)15-27-13-16-9-5-3-6-10-16/h3-12,18-21,23-24H,13-15H2,1-2H3/t18-,19-,20-,21-,22-/m1/s1. The zero-order chi connectivity index (χ0) is 20.7. The average molecular weight is 404 g/mol. The molecule has 2 aromatic carbocycles. The third kappa shape index (κ3) is 5.21. The van der Waals surface area contributed by atoms with Crippen molar-refractivity contribution in [2.24, 2.45) is 0 Å². The third-order valence-electron chi connectivity index (χ3n) is 4.97. The first-order valence-electron chi connectivity index (χ1n) is 9.48. The molecule has 0 saturated carbocycles. The molecular weight excluding hydrogens is 376 g/mol. The lowest BCUT2D eigenvalue weighted by atomic mass is 9.95. The number of rotatable bonds is 9. The number of aliphatic hydroxyl groups excluding tert-OH is 2. The summed E-state index contributed by atoms with van der Waals surface area (Å²) in [7, 11) is 2.83. The number of benzene rings is 2. The molecule has 29 heavy (non-hydrogen) atoms. The molecule has 0 aliphatic carbocycles. The zero-order valence-corrected chi connectivity index (χ0v) is 16.6. The molecule has 0 bridgehead atoms. The van der Waals surface area contributed by atoms with Gasteiger partial charge in [0.15, 0.2) is 6.29 Å². The molecule has 7 heteroatoms. The molecule has 0 unspecified atom stereocenters. The number of hydrogen-bond donors (Lipinski definition) is 2. The molecule has 0 spiro atoms. The Bertz CT molecular complexity index is 724. The summed E-state index contributed by atoms with van der Waals surface area (Å²) in [6, 6.07) is 19.1. The van der Waals surface area contributed by atoms with Crippen LogP contribution in [0.15, 0.2) is 60.7 Å². The van der Waals surface area contributed by atoms with Gasteiger partial charge in [0.25, 0.3) is 0 Å². The van der Waals surface area contributed by atoms with Crippen molar-refractivity contribution in [3.63, 3.8) is 0 Å². The van der Waals surface area contributed by atoms with E-state index in [0.717, 1.165) is 11.1 Å². The second-order valence-electron chi connectivity index (χ2n) is 6.91. The minimum Gasteiger partial charge on any atom is -0.387 e. The number of ether oxygens (including phenoxy) is 5. The largest absolute Gasteiger partial charge is 0.387 e.